The highest BCUT2D eigenvalue weighted by atomic mass is 79.9. The Labute approximate surface area is 130 Å². The van der Waals surface area contributed by atoms with Crippen molar-refractivity contribution in [1.82, 2.24) is 4.31 Å². The van der Waals surface area contributed by atoms with E-state index in [1.165, 1.54) is 22.7 Å². The smallest absolute Gasteiger partial charge is 0.206 e. The minimum Gasteiger partial charge on any atom is -0.206 e. The minimum atomic E-state index is -3.52. The first-order chi connectivity index (χ1) is 9.45. The minimum absolute atomic E-state index is 0.224. The first-order valence-corrected chi connectivity index (χ1v) is 8.75. The fourth-order valence-electron chi connectivity index (χ4n) is 1.69. The van der Waals surface area contributed by atoms with Crippen molar-refractivity contribution < 1.29 is 8.42 Å². The second-order valence-corrected chi connectivity index (χ2v) is 8.14. The van der Waals surface area contributed by atoms with Crippen LogP contribution < -0.4 is 0 Å². The van der Waals surface area contributed by atoms with Gasteiger partial charge < -0.3 is 0 Å². The van der Waals surface area contributed by atoms with Crippen LogP contribution >= 0.6 is 27.3 Å². The zero-order valence-corrected chi connectivity index (χ0v) is 13.8. The normalized spacial score (nSPS) is 11.5. The van der Waals surface area contributed by atoms with Crippen LogP contribution in [0, 0.1) is 11.3 Å². The van der Waals surface area contributed by atoms with Gasteiger partial charge in [0.15, 0.2) is 0 Å². The van der Waals surface area contributed by atoms with Gasteiger partial charge in [-0.3, -0.25) is 0 Å². The molecule has 0 radical (unpaired) electrons. The van der Waals surface area contributed by atoms with E-state index < -0.39 is 10.0 Å². The van der Waals surface area contributed by atoms with Gasteiger partial charge in [-0.15, -0.1) is 11.3 Å². The van der Waals surface area contributed by atoms with Crippen molar-refractivity contribution in [3.05, 3.63) is 51.3 Å². The molecule has 0 N–H and O–H groups in total. The van der Waals surface area contributed by atoms with Gasteiger partial charge in [-0.25, -0.2) is 8.42 Å². The predicted octanol–water partition coefficient (Wildman–Crippen LogP) is 3.20. The van der Waals surface area contributed by atoms with Crippen molar-refractivity contribution >= 4 is 37.3 Å². The van der Waals surface area contributed by atoms with Crippen LogP contribution in [0.25, 0.3) is 0 Å². The summed E-state index contributed by atoms with van der Waals surface area (Å²) in [6, 6.07) is 10.7. The van der Waals surface area contributed by atoms with Crippen LogP contribution in [0.4, 0.5) is 0 Å². The molecule has 4 nitrogen and oxygen atoms in total. The van der Waals surface area contributed by atoms with Gasteiger partial charge in [0.1, 0.15) is 4.21 Å². The number of nitriles is 1. The summed E-state index contributed by atoms with van der Waals surface area (Å²) in [4.78, 5) is 0. The standard InChI is InChI=1S/C13H11BrN2O2S2/c1-16(9-11-4-2-3-10(7-11)8-15)20(17,18)13-12(14)5-6-19-13/h2-7H,9H2,1H3. The first-order valence-electron chi connectivity index (χ1n) is 5.63. The van der Waals surface area contributed by atoms with Crippen LogP contribution in [0.1, 0.15) is 11.1 Å². The van der Waals surface area contributed by atoms with Gasteiger partial charge in [0.05, 0.1) is 11.6 Å². The fraction of sp³-hybridized carbons (Fsp3) is 0.154. The summed E-state index contributed by atoms with van der Waals surface area (Å²) < 4.78 is 27.0. The molecule has 0 spiro atoms. The number of hydrogen-bond acceptors (Lipinski definition) is 4. The Hall–Kier alpha value is -1.20. The lowest BCUT2D eigenvalue weighted by molar-refractivity contribution is 0.468. The van der Waals surface area contributed by atoms with E-state index >= 15 is 0 Å². The van der Waals surface area contributed by atoms with Gasteiger partial charge in [-0.2, -0.15) is 9.57 Å². The van der Waals surface area contributed by atoms with Crippen molar-refractivity contribution in [2.45, 2.75) is 10.8 Å². The number of benzene rings is 1. The van der Waals surface area contributed by atoms with Crippen LogP contribution in [-0.2, 0) is 16.6 Å². The molecule has 0 aliphatic rings. The summed E-state index contributed by atoms with van der Waals surface area (Å²) in [7, 11) is -1.99. The van der Waals surface area contributed by atoms with E-state index in [9.17, 15) is 8.42 Å². The van der Waals surface area contributed by atoms with Crippen LogP contribution in [0.2, 0.25) is 0 Å². The van der Waals surface area contributed by atoms with Gasteiger partial charge in [0.2, 0.25) is 0 Å². The molecule has 0 bridgehead atoms. The van der Waals surface area contributed by atoms with Crippen molar-refractivity contribution in [1.29, 1.82) is 5.26 Å². The van der Waals surface area contributed by atoms with Gasteiger partial charge >= 0.3 is 0 Å². The van der Waals surface area contributed by atoms with E-state index in [2.05, 4.69) is 15.9 Å². The predicted molar refractivity (Wildman–Crippen MR) is 81.8 cm³/mol. The van der Waals surface area contributed by atoms with Crippen LogP contribution in [0.3, 0.4) is 0 Å². The second kappa shape index (κ2) is 6.06. The van der Waals surface area contributed by atoms with E-state index in [1.807, 2.05) is 6.07 Å². The van der Waals surface area contributed by atoms with E-state index in [0.717, 1.165) is 5.56 Å². The summed E-state index contributed by atoms with van der Waals surface area (Å²) in [5, 5.41) is 10.6. The number of sulfonamides is 1. The molecule has 0 aliphatic heterocycles. The Balaban J connectivity index is 2.26. The summed E-state index contributed by atoms with van der Waals surface area (Å²) in [5.41, 5.74) is 1.30. The Morgan fingerprint density at radius 3 is 2.75 bits per heavy atom. The Morgan fingerprint density at radius 2 is 2.15 bits per heavy atom. The van der Waals surface area contributed by atoms with Crippen molar-refractivity contribution in [2.75, 3.05) is 7.05 Å². The van der Waals surface area contributed by atoms with Gasteiger partial charge in [0, 0.05) is 18.1 Å². The molecule has 2 aromatic rings. The van der Waals surface area contributed by atoms with Crippen molar-refractivity contribution in [2.24, 2.45) is 0 Å². The maximum Gasteiger partial charge on any atom is 0.253 e. The number of hydrogen-bond donors (Lipinski definition) is 0. The van der Waals surface area contributed by atoms with Gasteiger partial charge in [0.25, 0.3) is 10.0 Å². The SMILES string of the molecule is CN(Cc1cccc(C#N)c1)S(=O)(=O)c1sccc1Br. The number of halogens is 1. The molecular formula is C13H11BrN2O2S2. The van der Waals surface area contributed by atoms with E-state index in [-0.39, 0.29) is 10.8 Å². The highest BCUT2D eigenvalue weighted by Gasteiger charge is 2.24. The topological polar surface area (TPSA) is 61.2 Å². The summed E-state index contributed by atoms with van der Waals surface area (Å²) in [6.07, 6.45) is 0. The van der Waals surface area contributed by atoms with E-state index in [1.54, 1.807) is 35.7 Å². The van der Waals surface area contributed by atoms with E-state index in [4.69, 9.17) is 5.26 Å². The quantitative estimate of drug-likeness (QED) is 0.829. The summed E-state index contributed by atoms with van der Waals surface area (Å²) in [6.45, 7) is 0.224. The van der Waals surface area contributed by atoms with Gasteiger partial charge in [-0.1, -0.05) is 12.1 Å². The molecule has 1 heterocycles. The molecular weight excluding hydrogens is 360 g/mol. The van der Waals surface area contributed by atoms with Crippen LogP contribution in [0.15, 0.2) is 44.4 Å². The third kappa shape index (κ3) is 3.10. The summed E-state index contributed by atoms with van der Waals surface area (Å²) >= 11 is 4.41. The molecule has 0 saturated heterocycles. The molecule has 1 aromatic heterocycles. The summed E-state index contributed by atoms with van der Waals surface area (Å²) in [5.74, 6) is 0. The third-order valence-electron chi connectivity index (χ3n) is 2.69. The number of rotatable bonds is 4. The Bertz CT molecular complexity index is 763. The Morgan fingerprint density at radius 1 is 1.40 bits per heavy atom. The molecule has 0 aliphatic carbocycles. The molecule has 0 unspecified atom stereocenters. The fourth-order valence-corrected chi connectivity index (χ4v) is 5.35. The lowest BCUT2D eigenvalue weighted by Gasteiger charge is -2.16. The molecule has 0 atom stereocenters. The maximum atomic E-state index is 12.4. The highest BCUT2D eigenvalue weighted by molar-refractivity contribution is 9.10. The molecule has 0 fully saturated rings. The number of thiophene rings is 1. The lowest BCUT2D eigenvalue weighted by Crippen LogP contribution is -2.26. The maximum absolute atomic E-state index is 12.4. The molecule has 104 valence electrons. The van der Waals surface area contributed by atoms with Crippen molar-refractivity contribution in [3.8, 4) is 6.07 Å². The average Bonchev–Trinajstić information content (AvgIpc) is 2.86. The average molecular weight is 371 g/mol. The van der Waals surface area contributed by atoms with Gasteiger partial charge in [-0.05, 0) is 45.1 Å². The molecule has 2 rings (SSSR count). The molecule has 0 amide bonds. The molecule has 20 heavy (non-hydrogen) atoms. The second-order valence-electron chi connectivity index (χ2n) is 4.13. The molecule has 1 aromatic carbocycles. The Kier molecular flexibility index (Phi) is 4.60. The zero-order chi connectivity index (χ0) is 14.8. The monoisotopic (exact) mass is 370 g/mol. The van der Waals surface area contributed by atoms with E-state index in [0.29, 0.717) is 10.0 Å². The molecule has 7 heteroatoms. The van der Waals surface area contributed by atoms with Crippen molar-refractivity contribution in [3.63, 3.8) is 0 Å². The highest BCUT2D eigenvalue weighted by Crippen LogP contribution is 2.30. The molecule has 0 saturated carbocycles. The van der Waals surface area contributed by atoms with Crippen LogP contribution in [-0.4, -0.2) is 19.8 Å². The zero-order valence-electron chi connectivity index (χ0n) is 10.6. The third-order valence-corrected chi connectivity index (χ3v) is 7.14. The first kappa shape index (κ1) is 15.2. The largest absolute Gasteiger partial charge is 0.253 e. The van der Waals surface area contributed by atoms with Crippen LogP contribution in [0.5, 0.6) is 0 Å². The lowest BCUT2D eigenvalue weighted by atomic mass is 10.1. The number of nitrogens with zero attached hydrogens (tertiary/aromatic N) is 2.